The number of aromatic nitrogens is 5. The molecule has 2 aromatic heterocycles. The van der Waals surface area contributed by atoms with Crippen LogP contribution in [0.2, 0.25) is 0 Å². The average Bonchev–Trinajstić information content (AvgIpc) is 3.58. The molecule has 3 aromatic carbocycles. The zero-order valence-electron chi connectivity index (χ0n) is 20.4. The summed E-state index contributed by atoms with van der Waals surface area (Å²) in [6.45, 7) is 0. The summed E-state index contributed by atoms with van der Waals surface area (Å²) in [6.07, 6.45) is -2.80. The van der Waals surface area contributed by atoms with E-state index in [1.807, 2.05) is 0 Å². The second-order valence-electron chi connectivity index (χ2n) is 8.61. The molecule has 0 unspecified atom stereocenters. The first kappa shape index (κ1) is 27.0. The van der Waals surface area contributed by atoms with Crippen LogP contribution in [-0.4, -0.2) is 45.6 Å². The molecule has 0 N–H and O–H groups in total. The van der Waals surface area contributed by atoms with E-state index in [2.05, 4.69) is 20.0 Å². The highest BCUT2D eigenvalue weighted by atomic mass is 32.2. The second-order valence-corrected chi connectivity index (χ2v) is 10.6. The maximum Gasteiger partial charge on any atom is 0.573 e. The number of halogens is 5. The Hall–Kier alpha value is -4.59. The molecule has 2 heterocycles. The lowest BCUT2D eigenvalue weighted by molar-refractivity contribution is -0.274. The van der Waals surface area contributed by atoms with Gasteiger partial charge in [0.1, 0.15) is 11.4 Å². The standard InChI is InChI=1S/C26H18F5N5O3S/c1-40(37,38)20-4-2-3-17(11-20)18-7-10-22(35-14-21(25(27)28)32-15-35)23(12-18)36-24(13-33-34-36)16-5-8-19(9-6-16)39-26(29,30)31/h2-15,25H,1H3. The number of hydrogen-bond acceptors (Lipinski definition) is 6. The normalized spacial score (nSPS) is 12.2. The summed E-state index contributed by atoms with van der Waals surface area (Å²) in [5, 5.41) is 8.09. The minimum absolute atomic E-state index is 0.106. The van der Waals surface area contributed by atoms with Crippen molar-refractivity contribution in [3.63, 3.8) is 0 Å². The first-order valence-electron chi connectivity index (χ1n) is 11.4. The fourth-order valence-electron chi connectivity index (χ4n) is 4.02. The molecule has 0 fully saturated rings. The number of alkyl halides is 5. The minimum atomic E-state index is -4.85. The quantitative estimate of drug-likeness (QED) is 0.220. The van der Waals surface area contributed by atoms with Gasteiger partial charge in [0.05, 0.1) is 34.5 Å². The van der Waals surface area contributed by atoms with Crippen molar-refractivity contribution in [2.24, 2.45) is 0 Å². The van der Waals surface area contributed by atoms with Crippen LogP contribution in [0.25, 0.3) is 33.8 Å². The molecule has 0 saturated carbocycles. The highest BCUT2D eigenvalue weighted by Gasteiger charge is 2.31. The Bertz CT molecular complexity index is 1780. The van der Waals surface area contributed by atoms with Crippen molar-refractivity contribution in [2.45, 2.75) is 17.7 Å². The maximum atomic E-state index is 13.3. The van der Waals surface area contributed by atoms with Gasteiger partial charge in [-0.2, -0.15) is 0 Å². The van der Waals surface area contributed by atoms with Crippen molar-refractivity contribution in [3.8, 4) is 39.5 Å². The molecule has 206 valence electrons. The molecule has 0 radical (unpaired) electrons. The van der Waals surface area contributed by atoms with E-state index in [1.165, 1.54) is 46.0 Å². The van der Waals surface area contributed by atoms with Crippen LogP contribution in [0.3, 0.4) is 0 Å². The molecule has 0 atom stereocenters. The van der Waals surface area contributed by atoms with Gasteiger partial charge < -0.3 is 9.30 Å². The Morgan fingerprint density at radius 2 is 1.60 bits per heavy atom. The number of rotatable bonds is 7. The summed E-state index contributed by atoms with van der Waals surface area (Å²) in [7, 11) is -3.49. The Labute approximate surface area is 224 Å². The fourth-order valence-corrected chi connectivity index (χ4v) is 4.68. The van der Waals surface area contributed by atoms with Crippen molar-refractivity contribution in [2.75, 3.05) is 6.26 Å². The highest BCUT2D eigenvalue weighted by Crippen LogP contribution is 2.33. The van der Waals surface area contributed by atoms with Crippen molar-refractivity contribution in [1.29, 1.82) is 0 Å². The Balaban J connectivity index is 1.65. The van der Waals surface area contributed by atoms with E-state index < -0.39 is 34.1 Å². The summed E-state index contributed by atoms with van der Waals surface area (Å²) in [4.78, 5) is 3.85. The monoisotopic (exact) mass is 575 g/mol. The lowest BCUT2D eigenvalue weighted by Crippen LogP contribution is -2.16. The predicted molar refractivity (Wildman–Crippen MR) is 134 cm³/mol. The third-order valence-corrected chi connectivity index (χ3v) is 6.95. The van der Waals surface area contributed by atoms with Crippen LogP contribution in [-0.2, 0) is 9.84 Å². The lowest BCUT2D eigenvalue weighted by atomic mass is 10.0. The number of sulfone groups is 1. The van der Waals surface area contributed by atoms with Gasteiger partial charge in [-0.25, -0.2) is 26.9 Å². The highest BCUT2D eigenvalue weighted by molar-refractivity contribution is 7.90. The molecule has 0 aliphatic carbocycles. The van der Waals surface area contributed by atoms with Gasteiger partial charge >= 0.3 is 6.36 Å². The van der Waals surface area contributed by atoms with Crippen LogP contribution in [0, 0.1) is 0 Å². The smallest absolute Gasteiger partial charge is 0.406 e. The van der Waals surface area contributed by atoms with Gasteiger partial charge in [0.15, 0.2) is 9.84 Å². The van der Waals surface area contributed by atoms with E-state index in [1.54, 1.807) is 30.3 Å². The largest absolute Gasteiger partial charge is 0.573 e. The Morgan fingerprint density at radius 1 is 0.900 bits per heavy atom. The van der Waals surface area contributed by atoms with E-state index >= 15 is 0 Å². The Kier molecular flexibility index (Phi) is 6.87. The number of imidazole rings is 1. The molecule has 0 bridgehead atoms. The van der Waals surface area contributed by atoms with Gasteiger partial charge in [-0.15, -0.1) is 18.3 Å². The molecule has 0 amide bonds. The van der Waals surface area contributed by atoms with Crippen LogP contribution >= 0.6 is 0 Å². The fraction of sp³-hybridized carbons (Fsp3) is 0.115. The number of benzene rings is 3. The lowest BCUT2D eigenvalue weighted by Gasteiger charge is -2.15. The second kappa shape index (κ2) is 10.2. The molecule has 8 nitrogen and oxygen atoms in total. The molecular formula is C26H18F5N5O3S. The van der Waals surface area contributed by atoms with Crippen molar-refractivity contribution in [3.05, 3.63) is 91.1 Å². The summed E-state index contributed by atoms with van der Waals surface area (Å²) in [5.41, 5.74) is 2.23. The van der Waals surface area contributed by atoms with E-state index in [-0.39, 0.29) is 4.90 Å². The van der Waals surface area contributed by atoms with Crippen LogP contribution in [0.5, 0.6) is 5.75 Å². The van der Waals surface area contributed by atoms with E-state index in [4.69, 9.17) is 0 Å². The Morgan fingerprint density at radius 3 is 2.25 bits per heavy atom. The zero-order valence-corrected chi connectivity index (χ0v) is 21.2. The van der Waals surface area contributed by atoms with Crippen molar-refractivity contribution >= 4 is 9.84 Å². The van der Waals surface area contributed by atoms with Crippen LogP contribution < -0.4 is 4.74 Å². The molecule has 40 heavy (non-hydrogen) atoms. The first-order chi connectivity index (χ1) is 18.9. The summed E-state index contributed by atoms with van der Waals surface area (Å²) >= 11 is 0. The molecule has 5 rings (SSSR count). The predicted octanol–water partition coefficient (Wildman–Crippen LogP) is 6.03. The van der Waals surface area contributed by atoms with Gasteiger partial charge in [0.2, 0.25) is 0 Å². The molecule has 5 aromatic rings. The molecule has 0 aliphatic rings. The zero-order chi connectivity index (χ0) is 28.7. The van der Waals surface area contributed by atoms with Gasteiger partial charge in [0.25, 0.3) is 6.43 Å². The molecule has 14 heteroatoms. The third kappa shape index (κ3) is 5.71. The van der Waals surface area contributed by atoms with E-state index in [9.17, 15) is 30.4 Å². The van der Waals surface area contributed by atoms with Gasteiger partial charge in [-0.3, -0.25) is 0 Å². The first-order valence-corrected chi connectivity index (χ1v) is 13.3. The van der Waals surface area contributed by atoms with Gasteiger partial charge in [0, 0.05) is 18.0 Å². The maximum absolute atomic E-state index is 13.3. The van der Waals surface area contributed by atoms with Crippen molar-refractivity contribution in [1.82, 2.24) is 24.5 Å². The van der Waals surface area contributed by atoms with Gasteiger partial charge in [-0.05, 0) is 59.7 Å². The minimum Gasteiger partial charge on any atom is -0.406 e. The topological polar surface area (TPSA) is 91.9 Å². The third-order valence-electron chi connectivity index (χ3n) is 5.84. The van der Waals surface area contributed by atoms with E-state index in [0.29, 0.717) is 33.8 Å². The van der Waals surface area contributed by atoms with Crippen molar-refractivity contribution < 1.29 is 35.1 Å². The molecule has 0 aliphatic heterocycles. The summed E-state index contributed by atoms with van der Waals surface area (Å²) in [6, 6.07) is 16.3. The number of hydrogen-bond donors (Lipinski definition) is 0. The molecule has 0 saturated heterocycles. The van der Waals surface area contributed by atoms with Crippen LogP contribution in [0.4, 0.5) is 22.0 Å². The molecule has 0 spiro atoms. The van der Waals surface area contributed by atoms with Crippen LogP contribution in [0.1, 0.15) is 12.1 Å². The summed E-state index contributed by atoms with van der Waals surface area (Å²) in [5.74, 6) is -0.415. The number of ether oxygens (including phenoxy) is 1. The van der Waals surface area contributed by atoms with Gasteiger partial charge in [-0.1, -0.05) is 23.4 Å². The number of nitrogens with zero attached hydrogens (tertiary/aromatic N) is 5. The SMILES string of the molecule is CS(=O)(=O)c1cccc(-c2ccc(-n3cnc(C(F)F)c3)c(-n3nncc3-c3ccc(OC(F)(F)F)cc3)c2)c1. The average molecular weight is 576 g/mol. The van der Waals surface area contributed by atoms with E-state index in [0.717, 1.165) is 24.6 Å². The van der Waals surface area contributed by atoms with Crippen LogP contribution in [0.15, 0.2) is 90.3 Å². The molecular weight excluding hydrogens is 557 g/mol. The summed E-state index contributed by atoms with van der Waals surface area (Å²) < 4.78 is 95.2.